The Morgan fingerprint density at radius 2 is 1.91 bits per heavy atom. The van der Waals surface area contributed by atoms with Gasteiger partial charge >= 0.3 is 0 Å². The van der Waals surface area contributed by atoms with E-state index in [4.69, 9.17) is 0 Å². The Balaban J connectivity index is 1.56. The molecule has 2 N–H and O–H groups in total. The van der Waals surface area contributed by atoms with Crippen molar-refractivity contribution < 1.29 is 4.79 Å². The van der Waals surface area contributed by atoms with Crippen molar-refractivity contribution in [2.45, 2.75) is 11.8 Å². The first kappa shape index (κ1) is 16.1. The van der Waals surface area contributed by atoms with Crippen molar-refractivity contribution >= 4 is 44.5 Å². The molecule has 0 spiro atoms. The Labute approximate surface area is 148 Å². The minimum Gasteiger partial charge on any atom is -0.358 e. The summed E-state index contributed by atoms with van der Waals surface area (Å²) < 4.78 is 0.972. The van der Waals surface area contributed by atoms with Gasteiger partial charge in [0.2, 0.25) is 0 Å². The van der Waals surface area contributed by atoms with Crippen molar-refractivity contribution in [3.05, 3.63) is 64.3 Å². The second-order valence-electron chi connectivity index (χ2n) is 5.24. The molecule has 0 aliphatic heterocycles. The molecule has 0 bridgehead atoms. The number of hydrogen-bond donors (Lipinski definition) is 2. The zero-order chi connectivity index (χ0) is 16.2. The van der Waals surface area contributed by atoms with Crippen molar-refractivity contribution in [3.63, 3.8) is 0 Å². The van der Waals surface area contributed by atoms with E-state index in [2.05, 4.69) is 51.4 Å². The summed E-state index contributed by atoms with van der Waals surface area (Å²) in [5.74, 6) is 0.805. The van der Waals surface area contributed by atoms with Crippen molar-refractivity contribution in [2.75, 3.05) is 12.3 Å². The van der Waals surface area contributed by atoms with E-state index < -0.39 is 0 Å². The lowest BCUT2D eigenvalue weighted by molar-refractivity contribution is 0.0956. The standard InChI is InChI=1S/C18H17BrN2OS/c1-12-17(15-4-2-3-5-16(15)21-12)23-11-10-20-18(22)13-6-8-14(19)9-7-13/h2-9,21H,10-11H2,1H3,(H,20,22). The van der Waals surface area contributed by atoms with Crippen molar-refractivity contribution in [1.29, 1.82) is 0 Å². The highest BCUT2D eigenvalue weighted by atomic mass is 79.9. The molecule has 23 heavy (non-hydrogen) atoms. The lowest BCUT2D eigenvalue weighted by atomic mass is 10.2. The van der Waals surface area contributed by atoms with Crippen LogP contribution < -0.4 is 5.32 Å². The third-order valence-electron chi connectivity index (χ3n) is 3.57. The SMILES string of the molecule is Cc1[nH]c2ccccc2c1SCCNC(=O)c1ccc(Br)cc1. The van der Waals surface area contributed by atoms with Gasteiger partial charge in [-0.2, -0.15) is 0 Å². The third kappa shape index (κ3) is 3.79. The van der Waals surface area contributed by atoms with Crippen LogP contribution in [0.3, 0.4) is 0 Å². The van der Waals surface area contributed by atoms with Gasteiger partial charge in [0.15, 0.2) is 0 Å². The predicted octanol–water partition coefficient (Wildman–Crippen LogP) is 4.76. The molecule has 1 heterocycles. The molecule has 0 aliphatic rings. The van der Waals surface area contributed by atoms with Crippen LogP contribution in [-0.4, -0.2) is 23.2 Å². The number of nitrogens with one attached hydrogen (secondary N) is 2. The van der Waals surface area contributed by atoms with Crippen LogP contribution in [0.25, 0.3) is 10.9 Å². The predicted molar refractivity (Wildman–Crippen MR) is 100 cm³/mol. The van der Waals surface area contributed by atoms with Crippen molar-refractivity contribution in [3.8, 4) is 0 Å². The molecule has 3 aromatic rings. The molecule has 0 aliphatic carbocycles. The molecule has 0 atom stereocenters. The van der Waals surface area contributed by atoms with Gasteiger partial charge in [0, 0.05) is 43.8 Å². The highest BCUT2D eigenvalue weighted by Gasteiger charge is 2.09. The molecule has 1 aromatic heterocycles. The average molecular weight is 389 g/mol. The first-order valence-corrected chi connectivity index (χ1v) is 9.17. The highest BCUT2D eigenvalue weighted by Crippen LogP contribution is 2.30. The van der Waals surface area contributed by atoms with E-state index in [1.807, 2.05) is 30.3 Å². The summed E-state index contributed by atoms with van der Waals surface area (Å²) in [5.41, 5.74) is 3.02. The summed E-state index contributed by atoms with van der Waals surface area (Å²) in [4.78, 5) is 16.7. The van der Waals surface area contributed by atoms with Crippen LogP contribution in [0.2, 0.25) is 0 Å². The molecule has 0 fully saturated rings. The topological polar surface area (TPSA) is 44.9 Å². The van der Waals surface area contributed by atoms with E-state index >= 15 is 0 Å². The van der Waals surface area contributed by atoms with Crippen molar-refractivity contribution in [1.82, 2.24) is 10.3 Å². The van der Waals surface area contributed by atoms with E-state index in [0.29, 0.717) is 12.1 Å². The Kier molecular flexibility index (Phi) is 5.08. The molecular weight excluding hydrogens is 372 g/mol. The Hall–Kier alpha value is -1.72. The molecule has 0 unspecified atom stereocenters. The van der Waals surface area contributed by atoms with Gasteiger partial charge in [0.25, 0.3) is 5.91 Å². The number of aromatic amines is 1. The van der Waals surface area contributed by atoms with Crippen LogP contribution >= 0.6 is 27.7 Å². The normalized spacial score (nSPS) is 10.9. The number of amides is 1. The number of H-pyrrole nitrogens is 1. The molecule has 1 amide bonds. The van der Waals surface area contributed by atoms with E-state index in [1.54, 1.807) is 11.8 Å². The largest absolute Gasteiger partial charge is 0.358 e. The van der Waals surface area contributed by atoms with E-state index in [1.165, 1.54) is 16.0 Å². The Morgan fingerprint density at radius 1 is 1.17 bits per heavy atom. The Bertz CT molecular complexity index is 827. The van der Waals surface area contributed by atoms with Gasteiger partial charge in [0.1, 0.15) is 0 Å². The summed E-state index contributed by atoms with van der Waals surface area (Å²) in [6.45, 7) is 2.72. The van der Waals surface area contributed by atoms with Gasteiger partial charge < -0.3 is 10.3 Å². The number of benzene rings is 2. The fourth-order valence-electron chi connectivity index (χ4n) is 2.46. The van der Waals surface area contributed by atoms with Gasteiger partial charge in [-0.3, -0.25) is 4.79 Å². The summed E-state index contributed by atoms with van der Waals surface area (Å²) in [5, 5.41) is 4.21. The summed E-state index contributed by atoms with van der Waals surface area (Å²) >= 11 is 5.14. The minimum absolute atomic E-state index is 0.0336. The van der Waals surface area contributed by atoms with E-state index in [0.717, 1.165) is 15.7 Å². The highest BCUT2D eigenvalue weighted by molar-refractivity contribution is 9.10. The number of para-hydroxylation sites is 1. The second-order valence-corrected chi connectivity index (χ2v) is 7.26. The van der Waals surface area contributed by atoms with Gasteiger partial charge in [-0.15, -0.1) is 11.8 Å². The average Bonchev–Trinajstić information content (AvgIpc) is 2.87. The van der Waals surface area contributed by atoms with Crippen LogP contribution in [0.5, 0.6) is 0 Å². The van der Waals surface area contributed by atoms with Crippen LogP contribution in [0.1, 0.15) is 16.1 Å². The van der Waals surface area contributed by atoms with Crippen LogP contribution in [-0.2, 0) is 0 Å². The first-order chi connectivity index (χ1) is 11.1. The zero-order valence-electron chi connectivity index (χ0n) is 12.7. The van der Waals surface area contributed by atoms with Crippen molar-refractivity contribution in [2.24, 2.45) is 0 Å². The number of carbonyl (C=O) groups excluding carboxylic acids is 1. The number of rotatable bonds is 5. The lowest BCUT2D eigenvalue weighted by Crippen LogP contribution is -2.25. The number of hydrogen-bond acceptors (Lipinski definition) is 2. The molecule has 2 aromatic carbocycles. The number of fused-ring (bicyclic) bond motifs is 1. The number of halogens is 1. The van der Waals surface area contributed by atoms with Crippen LogP contribution in [0.15, 0.2) is 57.9 Å². The molecule has 0 saturated heterocycles. The fourth-order valence-corrected chi connectivity index (χ4v) is 3.73. The second kappa shape index (κ2) is 7.23. The first-order valence-electron chi connectivity index (χ1n) is 7.39. The molecule has 0 radical (unpaired) electrons. The number of thioether (sulfide) groups is 1. The fraction of sp³-hybridized carbons (Fsp3) is 0.167. The Morgan fingerprint density at radius 3 is 2.70 bits per heavy atom. The number of carbonyl (C=O) groups is 1. The molecule has 118 valence electrons. The molecule has 5 heteroatoms. The maximum absolute atomic E-state index is 12.1. The summed E-state index contributed by atoms with van der Waals surface area (Å²) in [6.07, 6.45) is 0. The molecular formula is C18H17BrN2OS. The van der Waals surface area contributed by atoms with Gasteiger partial charge in [-0.1, -0.05) is 34.1 Å². The molecule has 0 saturated carbocycles. The monoisotopic (exact) mass is 388 g/mol. The third-order valence-corrected chi connectivity index (χ3v) is 5.33. The van der Waals surface area contributed by atoms with Crippen LogP contribution in [0.4, 0.5) is 0 Å². The van der Waals surface area contributed by atoms with Gasteiger partial charge in [-0.05, 0) is 37.3 Å². The van der Waals surface area contributed by atoms with Crippen LogP contribution in [0, 0.1) is 6.92 Å². The smallest absolute Gasteiger partial charge is 0.251 e. The minimum atomic E-state index is -0.0336. The van der Waals surface area contributed by atoms with Gasteiger partial charge in [-0.25, -0.2) is 0 Å². The molecule has 3 rings (SSSR count). The van der Waals surface area contributed by atoms with E-state index in [-0.39, 0.29) is 5.91 Å². The van der Waals surface area contributed by atoms with E-state index in [9.17, 15) is 4.79 Å². The zero-order valence-corrected chi connectivity index (χ0v) is 15.1. The van der Waals surface area contributed by atoms with Gasteiger partial charge in [0.05, 0.1) is 0 Å². The molecule has 3 nitrogen and oxygen atoms in total. The lowest BCUT2D eigenvalue weighted by Gasteiger charge is -2.06. The summed E-state index contributed by atoms with van der Waals surface area (Å²) in [7, 11) is 0. The summed E-state index contributed by atoms with van der Waals surface area (Å²) in [6, 6.07) is 15.7. The maximum atomic E-state index is 12.1. The number of aromatic nitrogens is 1. The number of aryl methyl sites for hydroxylation is 1. The maximum Gasteiger partial charge on any atom is 0.251 e. The quantitative estimate of drug-likeness (QED) is 0.488.